The van der Waals surface area contributed by atoms with Crippen LogP contribution in [0.3, 0.4) is 0 Å². The second-order valence-corrected chi connectivity index (χ2v) is 22.0. The van der Waals surface area contributed by atoms with Crippen molar-refractivity contribution in [2.24, 2.45) is 0 Å². The van der Waals surface area contributed by atoms with E-state index in [0.29, 0.717) is 59.5 Å². The molecule has 1 aliphatic heterocycles. The van der Waals surface area contributed by atoms with Crippen LogP contribution in [0.5, 0.6) is 17.2 Å². The van der Waals surface area contributed by atoms with E-state index in [1.54, 1.807) is 21.3 Å². The summed E-state index contributed by atoms with van der Waals surface area (Å²) < 4.78 is 144. The minimum absolute atomic E-state index is 0. The van der Waals surface area contributed by atoms with Gasteiger partial charge in [0.15, 0.2) is 22.8 Å². The normalized spacial score (nSPS) is 15.1. The number of methoxy groups -OCH3 is 3. The zero-order valence-electron chi connectivity index (χ0n) is 48.7. The number of fused-ring (bicyclic) bond motifs is 6. The molecule has 30 heteroatoms. The van der Waals surface area contributed by atoms with Gasteiger partial charge in [-0.05, 0) is 57.2 Å². The summed E-state index contributed by atoms with van der Waals surface area (Å²) in [6, 6.07) is 8.19. The van der Waals surface area contributed by atoms with Crippen molar-refractivity contribution in [1.82, 2.24) is 0 Å². The van der Waals surface area contributed by atoms with Crippen molar-refractivity contribution in [3.8, 4) is 17.2 Å². The van der Waals surface area contributed by atoms with Gasteiger partial charge in [-0.1, -0.05) is 0 Å². The summed E-state index contributed by atoms with van der Waals surface area (Å²) in [5, 5.41) is -0.645. The second kappa shape index (κ2) is 44.3. The van der Waals surface area contributed by atoms with Crippen molar-refractivity contribution in [1.29, 1.82) is 0 Å². The molecule has 0 spiro atoms. The SMILES string of the molecule is CCOP(=O)([O-])c1cc2c(OCCOCCOCCOC)c(c1)COCc1cc(P(=O)([O-])OCC)cc(c1OCCOCCOCCOC)COCc1cc(P(=O)([O-])OCC)cc(c1OCCOCCOCCOC)COC2.[Li+].[Li+].[Li+]. The van der Waals surface area contributed by atoms with Crippen LogP contribution >= 0.6 is 22.8 Å². The smallest absolute Gasteiger partial charge is 0.775 e. The molecule has 0 fully saturated rings. The molecule has 0 amide bonds. The van der Waals surface area contributed by atoms with Gasteiger partial charge in [0.1, 0.15) is 37.1 Å². The number of hydrogen-bond acceptors (Lipinski definition) is 24. The summed E-state index contributed by atoms with van der Waals surface area (Å²) in [5.41, 5.74) is 1.50. The maximum atomic E-state index is 13.7. The molecule has 4 rings (SSSR count). The Morgan fingerprint density at radius 2 is 0.531 bits per heavy atom. The third-order valence-corrected chi connectivity index (χ3v) is 15.4. The summed E-state index contributed by atoms with van der Waals surface area (Å²) in [7, 11) is -9.46. The van der Waals surface area contributed by atoms with E-state index in [1.165, 1.54) is 57.2 Å². The van der Waals surface area contributed by atoms with E-state index in [0.717, 1.165) is 0 Å². The van der Waals surface area contributed by atoms with Crippen molar-refractivity contribution in [2.45, 2.75) is 60.4 Å². The first kappa shape index (κ1) is 77.8. The van der Waals surface area contributed by atoms with Gasteiger partial charge >= 0.3 is 56.6 Å². The first-order valence-electron chi connectivity index (χ1n) is 25.7. The Kier molecular flexibility index (Phi) is 42.6. The number of ether oxygens (including phenoxy) is 15. The molecule has 0 N–H and O–H groups in total. The van der Waals surface area contributed by atoms with Gasteiger partial charge in [0, 0.05) is 70.6 Å². The third-order valence-electron chi connectivity index (χ3n) is 10.9. The van der Waals surface area contributed by atoms with E-state index < -0.39 is 22.8 Å². The van der Waals surface area contributed by atoms with Gasteiger partial charge in [-0.25, -0.2) is 0 Å². The first-order chi connectivity index (χ1) is 37.7. The van der Waals surface area contributed by atoms with Crippen molar-refractivity contribution >= 4 is 38.7 Å². The molecular weight excluding hydrogens is 1110 g/mol. The van der Waals surface area contributed by atoms with Gasteiger partial charge in [0.05, 0.1) is 159 Å². The Labute approximate surface area is 512 Å². The van der Waals surface area contributed by atoms with Crippen LogP contribution in [0.4, 0.5) is 0 Å². The van der Waals surface area contributed by atoms with Crippen molar-refractivity contribution in [3.05, 3.63) is 69.8 Å². The Hall–Kier alpha value is -1.18. The Balaban J connectivity index is 0.0000109. The molecule has 6 bridgehead atoms. The maximum absolute atomic E-state index is 13.7. The zero-order valence-corrected chi connectivity index (χ0v) is 51.4. The largest absolute Gasteiger partial charge is 1.00 e. The maximum Gasteiger partial charge on any atom is 1.00 e. The van der Waals surface area contributed by atoms with Gasteiger partial charge < -0.3 is 113 Å². The number of benzene rings is 3. The van der Waals surface area contributed by atoms with Crippen LogP contribution in [-0.4, -0.2) is 160 Å². The summed E-state index contributed by atoms with van der Waals surface area (Å²) >= 11 is 0. The minimum Gasteiger partial charge on any atom is -0.775 e. The van der Waals surface area contributed by atoms with Crippen LogP contribution in [0, 0.1) is 0 Å². The zero-order chi connectivity index (χ0) is 56.5. The molecular formula is C51H78Li3O24P3. The standard InChI is InChI=1S/C51H81O24P3.3Li/c1-7-73-76(52,53)46-28-40-34-67-36-42-30-47(77(54,55)74-8-2)32-44(50(42)71-26-23-65-20-17-62-14-11-59-5)38-69-39-45-33-48(78(56,57)75-9-3)31-43(51(45)72-27-24-66-21-18-63-15-12-60-6)37-68-35-41(29-46)49(40)70-25-22-64-19-16-61-13-10-58-4;;;/h28-33H,7-27,34-39H2,1-6H3,(H,52,53)(H,54,55)(H,56,57);;;/q;3*+1/p-3. The van der Waals surface area contributed by atoms with E-state index in [4.69, 9.17) is 84.6 Å². The van der Waals surface area contributed by atoms with E-state index in [-0.39, 0.29) is 242 Å². The van der Waals surface area contributed by atoms with Crippen LogP contribution in [0.25, 0.3) is 0 Å². The van der Waals surface area contributed by atoms with Crippen molar-refractivity contribution in [2.75, 3.05) is 160 Å². The van der Waals surface area contributed by atoms with E-state index in [9.17, 15) is 28.4 Å². The molecule has 0 aliphatic carbocycles. The molecule has 0 aromatic heterocycles. The van der Waals surface area contributed by atoms with Crippen molar-refractivity contribution in [3.63, 3.8) is 0 Å². The molecule has 444 valence electrons. The first-order valence-corrected chi connectivity index (χ1v) is 30.3. The summed E-state index contributed by atoms with van der Waals surface area (Å²) in [6.07, 6.45) is 0. The number of hydrogen-bond donors (Lipinski definition) is 0. The third kappa shape index (κ3) is 28.5. The molecule has 3 unspecified atom stereocenters. The summed E-state index contributed by atoms with van der Waals surface area (Å²) in [4.78, 5) is 41.1. The fourth-order valence-electron chi connectivity index (χ4n) is 7.43. The Morgan fingerprint density at radius 1 is 0.346 bits per heavy atom. The van der Waals surface area contributed by atoms with Gasteiger partial charge in [0.2, 0.25) is 0 Å². The van der Waals surface area contributed by atoms with E-state index >= 15 is 0 Å². The molecule has 0 radical (unpaired) electrons. The Morgan fingerprint density at radius 3 is 0.716 bits per heavy atom. The summed E-state index contributed by atoms with van der Waals surface area (Å²) in [6.45, 7) is 6.72. The van der Waals surface area contributed by atoms with Gasteiger partial charge in [-0.15, -0.1) is 0 Å². The van der Waals surface area contributed by atoms with Gasteiger partial charge in [-0.3, -0.25) is 0 Å². The molecule has 24 nitrogen and oxygen atoms in total. The van der Waals surface area contributed by atoms with Crippen LogP contribution in [0.15, 0.2) is 36.4 Å². The predicted octanol–water partition coefficient (Wildman–Crippen LogP) is -6.02. The van der Waals surface area contributed by atoms with Gasteiger partial charge in [-0.2, -0.15) is 0 Å². The fourth-order valence-corrected chi connectivity index (χ4v) is 10.8. The predicted molar refractivity (Wildman–Crippen MR) is 278 cm³/mol. The monoisotopic (exact) mass is 1190 g/mol. The fraction of sp³-hybridized carbons (Fsp3) is 0.647. The van der Waals surface area contributed by atoms with E-state index in [1.807, 2.05) is 0 Å². The Bertz CT molecular complexity index is 2010. The molecule has 3 aromatic rings. The van der Waals surface area contributed by atoms with Crippen LogP contribution in [0.2, 0.25) is 0 Å². The second-order valence-electron chi connectivity index (χ2n) is 16.7. The van der Waals surface area contributed by atoms with Crippen LogP contribution in [0.1, 0.15) is 54.2 Å². The molecule has 1 heterocycles. The average Bonchev–Trinajstić information content (AvgIpc) is 3.40. The molecule has 3 aromatic carbocycles. The molecule has 0 saturated heterocycles. The minimum atomic E-state index is -4.73. The number of rotatable bonds is 39. The van der Waals surface area contributed by atoms with Crippen LogP contribution < -0.4 is 101 Å². The molecule has 3 atom stereocenters. The molecule has 81 heavy (non-hydrogen) atoms. The summed E-state index contributed by atoms with van der Waals surface area (Å²) in [5.74, 6) is 0.567. The van der Waals surface area contributed by atoms with Crippen molar-refractivity contribution < 1.29 is 170 Å². The topological polar surface area (TPSA) is 287 Å². The quantitative estimate of drug-likeness (QED) is 0.0292. The molecule has 1 aliphatic rings. The average molecular weight is 1190 g/mol. The van der Waals surface area contributed by atoms with Gasteiger partial charge in [0.25, 0.3) is 0 Å². The van der Waals surface area contributed by atoms with Crippen LogP contribution in [-0.2, 0) is 124 Å². The van der Waals surface area contributed by atoms with E-state index in [2.05, 4.69) is 0 Å². The molecule has 0 saturated carbocycles.